The van der Waals surface area contributed by atoms with E-state index in [4.69, 9.17) is 4.74 Å². The van der Waals surface area contributed by atoms with Gasteiger partial charge in [-0.3, -0.25) is 13.9 Å². The van der Waals surface area contributed by atoms with Crippen LogP contribution in [0.3, 0.4) is 0 Å². The summed E-state index contributed by atoms with van der Waals surface area (Å²) in [6, 6.07) is 16.8. The summed E-state index contributed by atoms with van der Waals surface area (Å²) in [4.78, 5) is 27.9. The number of carbonyl (C=O) groups is 2. The highest BCUT2D eigenvalue weighted by Gasteiger charge is 2.53. The topological polar surface area (TPSA) is 79.0 Å². The Morgan fingerprint density at radius 2 is 1.77 bits per heavy atom. The van der Waals surface area contributed by atoms with Gasteiger partial charge in [-0.1, -0.05) is 30.3 Å². The molecule has 0 aliphatic carbocycles. The number of anilines is 1. The SMILES string of the molecule is COc1ccc(CNC(=O)N2CCC3(CC2)N(c2ccccc2)C(=O)CS3=O)cc1. The van der Waals surface area contributed by atoms with Gasteiger partial charge in [-0.15, -0.1) is 0 Å². The van der Waals surface area contributed by atoms with E-state index in [1.165, 1.54) is 0 Å². The van der Waals surface area contributed by atoms with E-state index in [9.17, 15) is 13.8 Å². The number of likely N-dealkylation sites (tertiary alicyclic amines) is 1. The fourth-order valence-electron chi connectivity index (χ4n) is 4.14. The normalized spacial score (nSPS) is 20.4. The minimum Gasteiger partial charge on any atom is -0.497 e. The van der Waals surface area contributed by atoms with Crippen molar-refractivity contribution < 1.29 is 18.5 Å². The van der Waals surface area contributed by atoms with E-state index in [-0.39, 0.29) is 17.7 Å². The lowest BCUT2D eigenvalue weighted by Crippen LogP contribution is -2.57. The molecule has 2 fully saturated rings. The molecule has 2 saturated heterocycles. The molecule has 2 aliphatic heterocycles. The zero-order valence-electron chi connectivity index (χ0n) is 16.9. The van der Waals surface area contributed by atoms with Crippen LogP contribution in [0, 0.1) is 0 Å². The van der Waals surface area contributed by atoms with Crippen molar-refractivity contribution in [2.24, 2.45) is 0 Å². The maximum Gasteiger partial charge on any atom is 0.317 e. The molecule has 1 atom stereocenters. The second-order valence-corrected chi connectivity index (χ2v) is 9.23. The highest BCUT2D eigenvalue weighted by atomic mass is 32.2. The number of nitrogens with one attached hydrogen (secondary N) is 1. The van der Waals surface area contributed by atoms with Crippen molar-refractivity contribution in [1.82, 2.24) is 10.2 Å². The molecular weight excluding hydrogens is 402 g/mol. The molecule has 0 saturated carbocycles. The molecule has 3 amide bonds. The van der Waals surface area contributed by atoms with Gasteiger partial charge in [-0.25, -0.2) is 4.79 Å². The van der Waals surface area contributed by atoms with Crippen LogP contribution in [0.15, 0.2) is 54.6 Å². The Bertz CT molecular complexity index is 941. The van der Waals surface area contributed by atoms with Gasteiger partial charge < -0.3 is 15.0 Å². The third kappa shape index (κ3) is 3.79. The number of carbonyl (C=O) groups excluding carboxylic acids is 2. The molecular formula is C22H25N3O4S. The lowest BCUT2D eigenvalue weighted by molar-refractivity contribution is -0.116. The van der Waals surface area contributed by atoms with Crippen LogP contribution in [-0.2, 0) is 22.1 Å². The van der Waals surface area contributed by atoms with Crippen molar-refractivity contribution in [2.75, 3.05) is 30.9 Å². The Balaban J connectivity index is 1.40. The maximum atomic E-state index is 12.9. The molecule has 8 heteroatoms. The molecule has 2 heterocycles. The second kappa shape index (κ2) is 8.47. The van der Waals surface area contributed by atoms with E-state index >= 15 is 0 Å². The lowest BCUT2D eigenvalue weighted by atomic mass is 10.0. The van der Waals surface area contributed by atoms with Crippen LogP contribution in [0.25, 0.3) is 0 Å². The molecule has 2 aromatic carbocycles. The lowest BCUT2D eigenvalue weighted by Gasteiger charge is -2.43. The van der Waals surface area contributed by atoms with Gasteiger partial charge in [0.1, 0.15) is 16.4 Å². The monoisotopic (exact) mass is 427 g/mol. The fourth-order valence-corrected chi connectivity index (χ4v) is 5.81. The molecule has 1 unspecified atom stereocenters. The number of ether oxygens (including phenoxy) is 1. The number of nitrogens with zero attached hydrogens (tertiary/aromatic N) is 2. The van der Waals surface area contributed by atoms with Gasteiger partial charge in [0, 0.05) is 38.2 Å². The van der Waals surface area contributed by atoms with Crippen LogP contribution in [0.5, 0.6) is 5.75 Å². The Kier molecular flexibility index (Phi) is 5.76. The van der Waals surface area contributed by atoms with Crippen molar-refractivity contribution in [3.63, 3.8) is 0 Å². The van der Waals surface area contributed by atoms with E-state index < -0.39 is 15.7 Å². The number of piperidine rings is 1. The van der Waals surface area contributed by atoms with Crippen LogP contribution in [-0.4, -0.2) is 51.9 Å². The van der Waals surface area contributed by atoms with Crippen LogP contribution in [0.4, 0.5) is 10.5 Å². The summed E-state index contributed by atoms with van der Waals surface area (Å²) >= 11 is 0. The smallest absolute Gasteiger partial charge is 0.317 e. The number of methoxy groups -OCH3 is 1. The first-order chi connectivity index (χ1) is 14.5. The van der Waals surface area contributed by atoms with Crippen LogP contribution < -0.4 is 15.0 Å². The first kappa shape index (κ1) is 20.4. The highest BCUT2D eigenvalue weighted by molar-refractivity contribution is 7.88. The minimum atomic E-state index is -1.29. The average molecular weight is 428 g/mol. The van der Waals surface area contributed by atoms with Gasteiger partial charge in [0.2, 0.25) is 5.91 Å². The van der Waals surface area contributed by atoms with Crippen molar-refractivity contribution >= 4 is 28.4 Å². The molecule has 4 rings (SSSR count). The molecule has 1 N–H and O–H groups in total. The van der Waals surface area contributed by atoms with Crippen molar-refractivity contribution in [2.45, 2.75) is 24.3 Å². The van der Waals surface area contributed by atoms with E-state index in [1.54, 1.807) is 16.9 Å². The Hall–Kier alpha value is -2.87. The predicted octanol–water partition coefficient (Wildman–Crippen LogP) is 2.49. The second-order valence-electron chi connectivity index (χ2n) is 7.49. The Morgan fingerprint density at radius 3 is 2.40 bits per heavy atom. The number of amides is 3. The zero-order valence-corrected chi connectivity index (χ0v) is 17.7. The Morgan fingerprint density at radius 1 is 1.10 bits per heavy atom. The van der Waals surface area contributed by atoms with Gasteiger partial charge in [-0.2, -0.15) is 0 Å². The third-order valence-electron chi connectivity index (χ3n) is 5.78. The number of hydrogen-bond donors (Lipinski definition) is 1. The van der Waals surface area contributed by atoms with E-state index in [0.29, 0.717) is 32.5 Å². The van der Waals surface area contributed by atoms with Crippen molar-refractivity contribution in [1.29, 1.82) is 0 Å². The fraction of sp³-hybridized carbons (Fsp3) is 0.364. The number of benzene rings is 2. The molecule has 30 heavy (non-hydrogen) atoms. The first-order valence-corrected chi connectivity index (χ1v) is 11.3. The van der Waals surface area contributed by atoms with Crippen LogP contribution in [0.1, 0.15) is 18.4 Å². The molecule has 0 aromatic heterocycles. The standard InChI is InChI=1S/C22H25N3O4S/c1-29-19-9-7-17(8-10-19)15-23-21(27)24-13-11-22(12-14-24)25(20(26)16-30(22)28)18-5-3-2-4-6-18/h2-10H,11-16H2,1H3,(H,23,27). The van der Waals surface area contributed by atoms with Gasteiger partial charge in [-0.05, 0) is 29.8 Å². The average Bonchev–Trinajstić information content (AvgIpc) is 3.02. The quantitative estimate of drug-likeness (QED) is 0.813. The summed E-state index contributed by atoms with van der Waals surface area (Å²) in [5, 5.41) is 2.94. The molecule has 158 valence electrons. The number of rotatable bonds is 4. The number of para-hydroxylation sites is 1. The van der Waals surface area contributed by atoms with Gasteiger partial charge in [0.15, 0.2) is 0 Å². The molecule has 0 bridgehead atoms. The van der Waals surface area contributed by atoms with E-state index in [1.807, 2.05) is 54.6 Å². The molecule has 0 radical (unpaired) electrons. The predicted molar refractivity (Wildman–Crippen MR) is 116 cm³/mol. The molecule has 2 aromatic rings. The molecule has 1 spiro atoms. The van der Waals surface area contributed by atoms with Crippen molar-refractivity contribution in [3.05, 3.63) is 60.2 Å². The highest BCUT2D eigenvalue weighted by Crippen LogP contribution is 2.40. The molecule has 7 nitrogen and oxygen atoms in total. The largest absolute Gasteiger partial charge is 0.497 e. The summed E-state index contributed by atoms with van der Waals surface area (Å²) in [5.41, 5.74) is 1.75. The Labute approximate surface area is 178 Å². The summed E-state index contributed by atoms with van der Waals surface area (Å²) < 4.78 is 18.0. The molecule has 2 aliphatic rings. The van der Waals surface area contributed by atoms with Gasteiger partial charge in [0.05, 0.1) is 17.9 Å². The minimum absolute atomic E-state index is 0.0402. The first-order valence-electron chi connectivity index (χ1n) is 9.96. The summed E-state index contributed by atoms with van der Waals surface area (Å²) in [7, 11) is 0.328. The maximum absolute atomic E-state index is 12.9. The van der Waals surface area contributed by atoms with E-state index in [2.05, 4.69) is 5.32 Å². The van der Waals surface area contributed by atoms with E-state index in [0.717, 1.165) is 17.0 Å². The zero-order chi connectivity index (χ0) is 21.1. The third-order valence-corrected chi connectivity index (χ3v) is 7.73. The van der Waals surface area contributed by atoms with Crippen LogP contribution in [0.2, 0.25) is 0 Å². The summed E-state index contributed by atoms with van der Waals surface area (Å²) in [6.45, 7) is 1.33. The van der Waals surface area contributed by atoms with Gasteiger partial charge >= 0.3 is 6.03 Å². The summed E-state index contributed by atoms with van der Waals surface area (Å²) in [5.74, 6) is 0.698. The van der Waals surface area contributed by atoms with Crippen LogP contribution >= 0.6 is 0 Å². The number of hydrogen-bond acceptors (Lipinski definition) is 4. The summed E-state index contributed by atoms with van der Waals surface area (Å²) in [6.07, 6.45) is 0.992. The van der Waals surface area contributed by atoms with Crippen molar-refractivity contribution in [3.8, 4) is 5.75 Å². The number of urea groups is 1. The van der Waals surface area contributed by atoms with Gasteiger partial charge in [0.25, 0.3) is 0 Å².